The molecule has 0 radical (unpaired) electrons. The first-order valence-electron chi connectivity index (χ1n) is 8.07. The molecule has 1 aromatic rings. The van der Waals surface area contributed by atoms with Gasteiger partial charge in [-0.15, -0.1) is 0 Å². The Morgan fingerprint density at radius 1 is 1.11 bits per heavy atom. The Bertz CT molecular complexity index is 448. The predicted octanol–water partition coefficient (Wildman–Crippen LogP) is 4.31. The van der Waals surface area contributed by atoms with Crippen LogP contribution in [0.15, 0.2) is 6.07 Å². The summed E-state index contributed by atoms with van der Waals surface area (Å²) < 4.78 is 2.59. The van der Waals surface area contributed by atoms with E-state index in [1.54, 1.807) is 0 Å². The summed E-state index contributed by atoms with van der Waals surface area (Å²) in [6, 6.07) is 2.91. The SMILES string of the molecule is Cc1cc2c(n1C1CCCCCC1C)CCCC2O. The van der Waals surface area contributed by atoms with E-state index in [2.05, 4.69) is 24.5 Å². The third-order valence-corrected chi connectivity index (χ3v) is 5.27. The number of hydrogen-bond acceptors (Lipinski definition) is 1. The Hall–Kier alpha value is -0.760. The first-order valence-corrected chi connectivity index (χ1v) is 8.07. The van der Waals surface area contributed by atoms with E-state index in [9.17, 15) is 5.11 Å². The van der Waals surface area contributed by atoms with Crippen molar-refractivity contribution in [3.8, 4) is 0 Å². The van der Waals surface area contributed by atoms with Crippen LogP contribution >= 0.6 is 0 Å². The predicted molar refractivity (Wildman–Crippen MR) is 78.4 cm³/mol. The molecule has 2 aliphatic rings. The molecule has 0 spiro atoms. The fourth-order valence-electron chi connectivity index (χ4n) is 4.22. The van der Waals surface area contributed by atoms with Crippen LogP contribution in [-0.4, -0.2) is 9.67 Å². The molecule has 2 heteroatoms. The van der Waals surface area contributed by atoms with Crippen LogP contribution in [0.5, 0.6) is 0 Å². The normalized spacial score (nSPS) is 31.8. The lowest BCUT2D eigenvalue weighted by Crippen LogP contribution is -2.21. The van der Waals surface area contributed by atoms with Crippen molar-refractivity contribution in [3.05, 3.63) is 23.0 Å². The molecule has 0 saturated heterocycles. The summed E-state index contributed by atoms with van der Waals surface area (Å²) in [6.07, 6.45) is 9.85. The maximum atomic E-state index is 10.2. The van der Waals surface area contributed by atoms with E-state index in [1.807, 2.05) is 0 Å². The summed E-state index contributed by atoms with van der Waals surface area (Å²) in [5, 5.41) is 10.2. The number of aliphatic hydroxyl groups excluding tert-OH is 1. The summed E-state index contributed by atoms with van der Waals surface area (Å²) in [5.41, 5.74) is 4.03. The molecule has 3 rings (SSSR count). The van der Waals surface area contributed by atoms with Crippen molar-refractivity contribution in [1.82, 2.24) is 4.57 Å². The fraction of sp³-hybridized carbons (Fsp3) is 0.765. The van der Waals surface area contributed by atoms with Crippen LogP contribution in [0.3, 0.4) is 0 Å². The van der Waals surface area contributed by atoms with Crippen LogP contribution in [0.25, 0.3) is 0 Å². The second-order valence-corrected chi connectivity index (χ2v) is 6.65. The molecule has 3 unspecified atom stereocenters. The zero-order valence-electron chi connectivity index (χ0n) is 12.4. The molecule has 0 bridgehead atoms. The molecular formula is C17H27NO. The average molecular weight is 261 g/mol. The van der Waals surface area contributed by atoms with Gasteiger partial charge >= 0.3 is 0 Å². The van der Waals surface area contributed by atoms with Gasteiger partial charge in [-0.3, -0.25) is 0 Å². The molecule has 2 nitrogen and oxygen atoms in total. The topological polar surface area (TPSA) is 25.2 Å². The van der Waals surface area contributed by atoms with Crippen LogP contribution < -0.4 is 0 Å². The van der Waals surface area contributed by atoms with Gasteiger partial charge in [-0.2, -0.15) is 0 Å². The number of aryl methyl sites for hydroxylation is 1. The number of nitrogens with zero attached hydrogens (tertiary/aromatic N) is 1. The molecule has 0 amide bonds. The Kier molecular flexibility index (Phi) is 3.70. The largest absolute Gasteiger partial charge is 0.388 e. The van der Waals surface area contributed by atoms with Gasteiger partial charge in [0, 0.05) is 23.0 Å². The standard InChI is InChI=1S/C17H27NO/c1-12-7-4-3-5-8-15(12)18-13(2)11-14-16(18)9-6-10-17(14)19/h11-12,15,17,19H,3-10H2,1-2H3. The first-order chi connectivity index (χ1) is 9.18. The minimum atomic E-state index is -0.218. The maximum Gasteiger partial charge on any atom is 0.0807 e. The molecular weight excluding hydrogens is 234 g/mol. The lowest BCUT2D eigenvalue weighted by Gasteiger charge is -2.29. The zero-order valence-corrected chi connectivity index (χ0v) is 12.4. The number of rotatable bonds is 1. The van der Waals surface area contributed by atoms with E-state index in [0.29, 0.717) is 6.04 Å². The molecule has 19 heavy (non-hydrogen) atoms. The van der Waals surface area contributed by atoms with Crippen LogP contribution in [0.2, 0.25) is 0 Å². The van der Waals surface area contributed by atoms with Crippen molar-refractivity contribution in [1.29, 1.82) is 0 Å². The lowest BCUT2D eigenvalue weighted by atomic mass is 9.93. The van der Waals surface area contributed by atoms with Crippen LogP contribution in [0.1, 0.15) is 81.0 Å². The van der Waals surface area contributed by atoms with Crippen molar-refractivity contribution in [2.45, 2.75) is 77.4 Å². The fourth-order valence-corrected chi connectivity index (χ4v) is 4.22. The van der Waals surface area contributed by atoms with E-state index < -0.39 is 0 Å². The van der Waals surface area contributed by atoms with Gasteiger partial charge in [0.1, 0.15) is 0 Å². The Balaban J connectivity index is 1.99. The molecule has 0 aliphatic heterocycles. The van der Waals surface area contributed by atoms with Crippen molar-refractivity contribution >= 4 is 0 Å². The van der Waals surface area contributed by atoms with Crippen LogP contribution in [0, 0.1) is 12.8 Å². The minimum absolute atomic E-state index is 0.218. The molecule has 1 fully saturated rings. The van der Waals surface area contributed by atoms with Gasteiger partial charge in [-0.1, -0.05) is 26.2 Å². The summed E-state index contributed by atoms with van der Waals surface area (Å²) in [5.74, 6) is 0.775. The highest BCUT2D eigenvalue weighted by Crippen LogP contribution is 2.39. The van der Waals surface area contributed by atoms with Crippen molar-refractivity contribution in [3.63, 3.8) is 0 Å². The maximum absolute atomic E-state index is 10.2. The van der Waals surface area contributed by atoms with Crippen molar-refractivity contribution in [2.75, 3.05) is 0 Å². The Morgan fingerprint density at radius 3 is 2.74 bits per heavy atom. The third kappa shape index (κ3) is 2.35. The molecule has 106 valence electrons. The quantitative estimate of drug-likeness (QED) is 0.749. The highest BCUT2D eigenvalue weighted by molar-refractivity contribution is 5.32. The molecule has 2 aliphatic carbocycles. The molecule has 1 saturated carbocycles. The number of fused-ring (bicyclic) bond motifs is 1. The molecule has 0 aromatic carbocycles. The lowest BCUT2D eigenvalue weighted by molar-refractivity contribution is 0.154. The first kappa shape index (κ1) is 13.2. The van der Waals surface area contributed by atoms with Gasteiger partial charge in [-0.25, -0.2) is 0 Å². The molecule has 1 N–H and O–H groups in total. The van der Waals surface area contributed by atoms with Gasteiger partial charge < -0.3 is 9.67 Å². The van der Waals surface area contributed by atoms with Crippen molar-refractivity contribution < 1.29 is 5.11 Å². The third-order valence-electron chi connectivity index (χ3n) is 5.27. The second kappa shape index (κ2) is 5.32. The number of hydrogen-bond donors (Lipinski definition) is 1. The monoisotopic (exact) mass is 261 g/mol. The summed E-state index contributed by atoms with van der Waals surface area (Å²) in [7, 11) is 0. The van der Waals surface area contributed by atoms with E-state index in [0.717, 1.165) is 25.2 Å². The van der Waals surface area contributed by atoms with E-state index in [1.165, 1.54) is 49.1 Å². The summed E-state index contributed by atoms with van der Waals surface area (Å²) in [4.78, 5) is 0. The second-order valence-electron chi connectivity index (χ2n) is 6.65. The van der Waals surface area contributed by atoms with Gasteiger partial charge in [0.15, 0.2) is 0 Å². The number of aliphatic hydroxyl groups is 1. The smallest absolute Gasteiger partial charge is 0.0807 e. The molecule has 3 atom stereocenters. The van der Waals surface area contributed by atoms with Crippen LogP contribution in [-0.2, 0) is 6.42 Å². The molecule has 1 heterocycles. The van der Waals surface area contributed by atoms with Gasteiger partial charge in [0.25, 0.3) is 0 Å². The van der Waals surface area contributed by atoms with Gasteiger partial charge in [0.2, 0.25) is 0 Å². The summed E-state index contributed by atoms with van der Waals surface area (Å²) in [6.45, 7) is 4.64. The van der Waals surface area contributed by atoms with Gasteiger partial charge in [0.05, 0.1) is 6.10 Å². The Labute approximate surface area is 116 Å². The molecule has 1 aromatic heterocycles. The number of aromatic nitrogens is 1. The zero-order chi connectivity index (χ0) is 13.4. The average Bonchev–Trinajstić information content (AvgIpc) is 2.57. The van der Waals surface area contributed by atoms with Crippen molar-refractivity contribution in [2.24, 2.45) is 5.92 Å². The van der Waals surface area contributed by atoms with E-state index in [-0.39, 0.29) is 6.10 Å². The van der Waals surface area contributed by atoms with E-state index >= 15 is 0 Å². The Morgan fingerprint density at radius 2 is 1.89 bits per heavy atom. The van der Waals surface area contributed by atoms with Gasteiger partial charge in [-0.05, 0) is 51.0 Å². The highest BCUT2D eigenvalue weighted by Gasteiger charge is 2.29. The minimum Gasteiger partial charge on any atom is -0.388 e. The van der Waals surface area contributed by atoms with Crippen LogP contribution in [0.4, 0.5) is 0 Å². The highest BCUT2D eigenvalue weighted by atomic mass is 16.3. The van der Waals surface area contributed by atoms with E-state index in [4.69, 9.17) is 0 Å². The summed E-state index contributed by atoms with van der Waals surface area (Å²) >= 11 is 0.